The summed E-state index contributed by atoms with van der Waals surface area (Å²) in [7, 11) is 0. The van der Waals surface area contributed by atoms with Crippen LogP contribution < -0.4 is 5.56 Å². The Morgan fingerprint density at radius 3 is 1.81 bits per heavy atom. The van der Waals surface area contributed by atoms with Gasteiger partial charge in [-0.25, -0.2) is 14.7 Å². The normalized spacial score (nSPS) is 15.8. The van der Waals surface area contributed by atoms with Crippen LogP contribution in [0.4, 0.5) is 9.59 Å². The van der Waals surface area contributed by atoms with Gasteiger partial charge in [0.2, 0.25) is 0 Å². The van der Waals surface area contributed by atoms with E-state index in [4.69, 9.17) is 14.2 Å². The summed E-state index contributed by atoms with van der Waals surface area (Å²) in [5.74, 6) is -0.512. The number of carbonyl (C=O) groups is 4. The number of aromatic nitrogens is 2. The third kappa shape index (κ3) is 10.8. The van der Waals surface area contributed by atoms with Crippen molar-refractivity contribution in [1.29, 1.82) is 0 Å². The second-order valence-electron chi connectivity index (χ2n) is 11.8. The van der Waals surface area contributed by atoms with E-state index >= 15 is 0 Å². The number of piperidine rings is 2. The number of aromatic amines is 1. The van der Waals surface area contributed by atoms with Gasteiger partial charge >= 0.3 is 18.2 Å². The third-order valence-electron chi connectivity index (χ3n) is 8.67. The molecule has 256 valence electrons. The first kappa shape index (κ1) is 35.8. The minimum atomic E-state index is -0.417. The number of nitrogens with one attached hydrogen (secondary N) is 1. The molecule has 2 saturated heterocycles. The zero-order valence-electron chi connectivity index (χ0n) is 27.3. The Kier molecular flexibility index (Phi) is 14.2. The fraction of sp³-hybridized carbons (Fsp3) is 0.444. The van der Waals surface area contributed by atoms with Crippen molar-refractivity contribution in [2.24, 2.45) is 11.8 Å². The number of ether oxygens (including phenoxy) is 3. The summed E-state index contributed by atoms with van der Waals surface area (Å²) in [4.78, 5) is 62.3. The van der Waals surface area contributed by atoms with Crippen LogP contribution in [0.25, 0.3) is 0 Å². The minimum absolute atomic E-state index is 0.0578. The minimum Gasteiger partial charge on any atom is -0.466 e. The molecule has 1 unspecified atom stereocenters. The Balaban J connectivity index is 0.000000217. The summed E-state index contributed by atoms with van der Waals surface area (Å²) < 4.78 is 15.7. The Bertz CT molecular complexity index is 1500. The summed E-state index contributed by atoms with van der Waals surface area (Å²) in [5, 5.41) is 6.17. The number of esters is 1. The van der Waals surface area contributed by atoms with E-state index in [1.807, 2.05) is 60.7 Å². The molecule has 3 heterocycles. The van der Waals surface area contributed by atoms with E-state index in [0.717, 1.165) is 35.8 Å². The summed E-state index contributed by atoms with van der Waals surface area (Å²) >= 11 is 0. The third-order valence-corrected chi connectivity index (χ3v) is 8.67. The predicted molar refractivity (Wildman–Crippen MR) is 177 cm³/mol. The molecule has 0 radical (unpaired) electrons. The van der Waals surface area contributed by atoms with E-state index in [1.54, 1.807) is 29.0 Å². The highest BCUT2D eigenvalue weighted by molar-refractivity contribution is 5.76. The number of carbonyl (C=O) groups excluding carboxylic acids is 4. The average Bonchev–Trinajstić information content (AvgIpc) is 3.13. The van der Waals surface area contributed by atoms with Crippen molar-refractivity contribution in [1.82, 2.24) is 20.0 Å². The van der Waals surface area contributed by atoms with E-state index in [0.29, 0.717) is 45.6 Å². The van der Waals surface area contributed by atoms with Gasteiger partial charge in [-0.1, -0.05) is 60.7 Å². The maximum absolute atomic E-state index is 12.2. The van der Waals surface area contributed by atoms with Crippen molar-refractivity contribution in [3.63, 3.8) is 0 Å². The van der Waals surface area contributed by atoms with Crippen LogP contribution in [0, 0.1) is 11.8 Å². The average molecular weight is 661 g/mol. The lowest BCUT2D eigenvalue weighted by Crippen LogP contribution is -2.42. The van der Waals surface area contributed by atoms with Crippen molar-refractivity contribution in [2.45, 2.75) is 58.2 Å². The molecule has 0 aliphatic carbocycles. The van der Waals surface area contributed by atoms with Crippen LogP contribution in [0.3, 0.4) is 0 Å². The monoisotopic (exact) mass is 660 g/mol. The van der Waals surface area contributed by atoms with Gasteiger partial charge in [0.1, 0.15) is 19.5 Å². The summed E-state index contributed by atoms with van der Waals surface area (Å²) in [6.45, 7) is 4.82. The Morgan fingerprint density at radius 1 is 0.812 bits per heavy atom. The maximum atomic E-state index is 12.2. The molecule has 12 nitrogen and oxygen atoms in total. The van der Waals surface area contributed by atoms with Crippen molar-refractivity contribution in [3.05, 3.63) is 100.0 Å². The van der Waals surface area contributed by atoms with Crippen LogP contribution in [0.15, 0.2) is 77.7 Å². The van der Waals surface area contributed by atoms with E-state index in [-0.39, 0.29) is 55.2 Å². The molecule has 0 bridgehead atoms. The molecule has 2 aliphatic rings. The molecular weight excluding hydrogens is 616 g/mol. The molecule has 1 N–H and O–H groups in total. The molecule has 2 aromatic carbocycles. The van der Waals surface area contributed by atoms with Crippen LogP contribution in [0.2, 0.25) is 0 Å². The molecule has 5 rings (SSSR count). The highest BCUT2D eigenvalue weighted by atomic mass is 16.6. The van der Waals surface area contributed by atoms with Crippen molar-refractivity contribution in [3.8, 4) is 0 Å². The smallest absolute Gasteiger partial charge is 0.410 e. The number of nitrogens with zero attached hydrogens (tertiary/aromatic N) is 3. The number of aldehydes is 1. The second-order valence-corrected chi connectivity index (χ2v) is 11.8. The Hall–Kier alpha value is -5.00. The number of likely N-dealkylation sites (tertiary alicyclic amines) is 2. The summed E-state index contributed by atoms with van der Waals surface area (Å²) in [6.07, 6.45) is 4.74. The van der Waals surface area contributed by atoms with E-state index in [1.165, 1.54) is 0 Å². The standard InChI is InChI=1S/C19H25NO5.C17H19N3O3/c1-2-24-18(22)17(10-13-21)16-8-11-20(12-9-16)19(23)25-14-15-6-4-3-5-7-15;21-16-15(6-9-18-19-16)14-7-10-20(11-8-14)17(22)23-12-13-4-2-1-3-5-13/h3-7,13,16-17H,2,8-12,14H2,1H3;1-6,9,14H,7-8,10-12H2,(H,19,21). The fourth-order valence-corrected chi connectivity index (χ4v) is 5.99. The van der Waals surface area contributed by atoms with Gasteiger partial charge in [0.25, 0.3) is 5.56 Å². The molecular formula is C36H44N4O8. The second kappa shape index (κ2) is 19.0. The molecule has 48 heavy (non-hydrogen) atoms. The highest BCUT2D eigenvalue weighted by Crippen LogP contribution is 2.29. The summed E-state index contributed by atoms with van der Waals surface area (Å²) in [6, 6.07) is 20.9. The Morgan fingerprint density at radius 2 is 1.33 bits per heavy atom. The zero-order valence-corrected chi connectivity index (χ0v) is 27.3. The molecule has 12 heteroatoms. The number of hydrogen-bond acceptors (Lipinski definition) is 9. The molecule has 2 amide bonds. The first-order chi connectivity index (χ1) is 23.4. The van der Waals surface area contributed by atoms with Crippen molar-refractivity contribution in [2.75, 3.05) is 32.8 Å². The van der Waals surface area contributed by atoms with Gasteiger partial charge in [0.15, 0.2) is 0 Å². The van der Waals surface area contributed by atoms with E-state index in [9.17, 15) is 24.0 Å². The van der Waals surface area contributed by atoms with Crippen molar-refractivity contribution >= 4 is 24.4 Å². The first-order valence-electron chi connectivity index (χ1n) is 16.4. The molecule has 1 atom stereocenters. The van der Waals surface area contributed by atoms with Crippen LogP contribution in [-0.2, 0) is 37.0 Å². The number of benzene rings is 2. The Labute approximate surface area is 280 Å². The SMILES string of the molecule is CCOC(=O)C(CC=O)C1CCN(C(=O)OCc2ccccc2)CC1.O=C(OCc1ccccc1)N1CCC(c2ccn[nH]c2=O)CC1. The summed E-state index contributed by atoms with van der Waals surface area (Å²) in [5.41, 5.74) is 2.52. The maximum Gasteiger partial charge on any atom is 0.410 e. The quantitative estimate of drug-likeness (QED) is 0.178. The van der Waals surface area contributed by atoms with E-state index < -0.39 is 5.92 Å². The molecule has 2 fully saturated rings. The first-order valence-corrected chi connectivity index (χ1v) is 16.4. The lowest BCUT2D eigenvalue weighted by atomic mass is 9.82. The number of hydrogen-bond donors (Lipinski definition) is 1. The molecule has 0 saturated carbocycles. The molecule has 3 aromatic rings. The predicted octanol–water partition coefficient (Wildman–Crippen LogP) is 5.09. The molecule has 1 aromatic heterocycles. The number of rotatable bonds is 10. The van der Waals surface area contributed by atoms with Crippen molar-refractivity contribution < 1.29 is 33.4 Å². The zero-order chi connectivity index (χ0) is 34.1. The molecule has 2 aliphatic heterocycles. The van der Waals surface area contributed by atoms with Gasteiger partial charge in [0, 0.05) is 44.4 Å². The number of H-pyrrole nitrogens is 1. The van der Waals surface area contributed by atoms with Crippen LogP contribution in [0.1, 0.15) is 61.6 Å². The highest BCUT2D eigenvalue weighted by Gasteiger charge is 2.33. The van der Waals surface area contributed by atoms with Gasteiger partial charge in [0.05, 0.1) is 12.5 Å². The number of amides is 2. The van der Waals surface area contributed by atoms with Gasteiger partial charge < -0.3 is 28.8 Å². The van der Waals surface area contributed by atoms with Crippen LogP contribution in [-0.4, -0.2) is 77.2 Å². The van der Waals surface area contributed by atoms with Gasteiger partial charge in [-0.15, -0.1) is 0 Å². The van der Waals surface area contributed by atoms with Gasteiger partial charge in [-0.05, 0) is 61.6 Å². The molecule has 0 spiro atoms. The van der Waals surface area contributed by atoms with Gasteiger partial charge in [-0.3, -0.25) is 9.59 Å². The van der Waals surface area contributed by atoms with Crippen LogP contribution in [0.5, 0.6) is 0 Å². The van der Waals surface area contributed by atoms with Crippen LogP contribution >= 0.6 is 0 Å². The topological polar surface area (TPSA) is 148 Å². The lowest BCUT2D eigenvalue weighted by molar-refractivity contribution is -0.151. The lowest BCUT2D eigenvalue weighted by Gasteiger charge is -2.34. The van der Waals surface area contributed by atoms with E-state index in [2.05, 4.69) is 10.2 Å². The largest absolute Gasteiger partial charge is 0.466 e. The fourth-order valence-electron chi connectivity index (χ4n) is 5.99. The van der Waals surface area contributed by atoms with Gasteiger partial charge in [-0.2, -0.15) is 5.10 Å².